The minimum atomic E-state index is 0.0891. The number of rotatable bonds is 4. The molecule has 0 saturated heterocycles. The van der Waals surface area contributed by atoms with Crippen LogP contribution in [0.2, 0.25) is 0 Å². The molecular weight excluding hydrogens is 639 g/mol. The largest absolute Gasteiger partial charge is 0.339 e. The zero-order chi connectivity index (χ0) is 36.5. The number of benzene rings is 4. The summed E-state index contributed by atoms with van der Waals surface area (Å²) in [6, 6.07) is 37.7. The SMILES string of the molecule is CC(C)(C)c1ccc(N2C3=CC(c4ccccc4)CC4=C3B(c3cc(C5=CC=CCC5)ccc32)c2ccccc2N4C2C=CC(C(C)(C)C)CC2)cc1. The summed E-state index contributed by atoms with van der Waals surface area (Å²) in [7, 11) is 0. The maximum Gasteiger partial charge on any atom is 0.251 e. The third-order valence-corrected chi connectivity index (χ3v) is 12.7. The van der Waals surface area contributed by atoms with Gasteiger partial charge in [0.1, 0.15) is 0 Å². The van der Waals surface area contributed by atoms with Crippen LogP contribution in [0.25, 0.3) is 5.57 Å². The second-order valence-electron chi connectivity index (χ2n) is 18.1. The molecule has 9 rings (SSSR count). The van der Waals surface area contributed by atoms with Crippen LogP contribution in [0.1, 0.15) is 96.3 Å². The zero-order valence-electron chi connectivity index (χ0n) is 32.4. The molecular formula is C50H53BN2. The molecule has 3 aliphatic carbocycles. The quantitative estimate of drug-likeness (QED) is 0.155. The first-order valence-electron chi connectivity index (χ1n) is 20.0. The third-order valence-electron chi connectivity index (χ3n) is 12.7. The summed E-state index contributed by atoms with van der Waals surface area (Å²) in [5, 5.41) is 0. The van der Waals surface area contributed by atoms with Crippen molar-refractivity contribution in [1.29, 1.82) is 0 Å². The number of hydrogen-bond donors (Lipinski definition) is 0. The Morgan fingerprint density at radius 2 is 1.51 bits per heavy atom. The fraction of sp³-hybridized carbons (Fsp3) is 0.320. The lowest BCUT2D eigenvalue weighted by Crippen LogP contribution is -2.59. The second kappa shape index (κ2) is 13.0. The molecule has 2 aliphatic heterocycles. The van der Waals surface area contributed by atoms with Crippen molar-refractivity contribution in [1.82, 2.24) is 0 Å². The Morgan fingerprint density at radius 3 is 2.21 bits per heavy atom. The highest BCUT2D eigenvalue weighted by atomic mass is 15.2. The molecule has 0 fully saturated rings. The standard InChI is InChI=1S/C50H53BN2/c1-49(2,3)38-22-26-40(27-23-38)52-44-20-14-13-19-42(44)51-43-31-36(34-15-9-7-10-16-34)21-30-45(43)53(41-28-24-39(25-29-41)50(4,5)6)47-33-37(32-46(52)48(47)51)35-17-11-8-12-18-35/h7-9,11-15,17-22,24-26,28-31,33,37-38,40H,10,16,23,27,32H2,1-6H3. The Labute approximate surface area is 318 Å². The summed E-state index contributed by atoms with van der Waals surface area (Å²) in [4.78, 5) is 5.39. The van der Waals surface area contributed by atoms with Gasteiger partial charge in [-0.05, 0) is 112 Å². The van der Waals surface area contributed by atoms with Crippen LogP contribution in [0, 0.1) is 11.3 Å². The van der Waals surface area contributed by atoms with E-state index in [4.69, 9.17) is 0 Å². The third kappa shape index (κ3) is 5.97. The predicted molar refractivity (Wildman–Crippen MR) is 228 cm³/mol. The Balaban J connectivity index is 1.30. The van der Waals surface area contributed by atoms with E-state index in [-0.39, 0.29) is 23.5 Å². The smallest absolute Gasteiger partial charge is 0.251 e. The highest BCUT2D eigenvalue weighted by molar-refractivity contribution is 6.94. The number of anilines is 3. The zero-order valence-corrected chi connectivity index (χ0v) is 32.4. The lowest BCUT2D eigenvalue weighted by atomic mass is 9.31. The molecule has 5 aliphatic rings. The van der Waals surface area contributed by atoms with Crippen molar-refractivity contribution in [3.05, 3.63) is 167 Å². The average molecular weight is 693 g/mol. The van der Waals surface area contributed by atoms with Gasteiger partial charge in [-0.2, -0.15) is 0 Å². The second-order valence-corrected chi connectivity index (χ2v) is 18.1. The molecule has 53 heavy (non-hydrogen) atoms. The van der Waals surface area contributed by atoms with Gasteiger partial charge in [0.15, 0.2) is 0 Å². The minimum absolute atomic E-state index is 0.0891. The molecule has 0 bridgehead atoms. The van der Waals surface area contributed by atoms with Crippen molar-refractivity contribution in [2.24, 2.45) is 11.3 Å². The monoisotopic (exact) mass is 692 g/mol. The van der Waals surface area contributed by atoms with Crippen molar-refractivity contribution >= 4 is 40.3 Å². The Morgan fingerprint density at radius 1 is 0.736 bits per heavy atom. The van der Waals surface area contributed by atoms with Crippen LogP contribution in [0.4, 0.5) is 17.1 Å². The summed E-state index contributed by atoms with van der Waals surface area (Å²) >= 11 is 0. The first-order chi connectivity index (χ1) is 25.6. The molecule has 0 aromatic heterocycles. The molecule has 2 nitrogen and oxygen atoms in total. The van der Waals surface area contributed by atoms with Gasteiger partial charge in [-0.1, -0.05) is 151 Å². The van der Waals surface area contributed by atoms with E-state index in [1.807, 2.05) is 0 Å². The van der Waals surface area contributed by atoms with Gasteiger partial charge in [0.05, 0.1) is 6.04 Å². The Bertz CT molecular complexity index is 2200. The molecule has 3 unspecified atom stereocenters. The molecule has 0 amide bonds. The summed E-state index contributed by atoms with van der Waals surface area (Å²) in [5.74, 6) is 0.864. The molecule has 0 radical (unpaired) electrons. The van der Waals surface area contributed by atoms with Gasteiger partial charge in [0.25, 0.3) is 6.71 Å². The Hall–Kier alpha value is -4.76. The molecule has 266 valence electrons. The molecule has 3 atom stereocenters. The van der Waals surface area contributed by atoms with E-state index >= 15 is 0 Å². The van der Waals surface area contributed by atoms with Crippen LogP contribution in [0.3, 0.4) is 0 Å². The highest BCUT2D eigenvalue weighted by Gasteiger charge is 2.48. The first-order valence-corrected chi connectivity index (χ1v) is 20.0. The van der Waals surface area contributed by atoms with E-state index in [1.165, 1.54) is 73.5 Å². The topological polar surface area (TPSA) is 6.48 Å². The predicted octanol–water partition coefficient (Wildman–Crippen LogP) is 11.5. The summed E-state index contributed by atoms with van der Waals surface area (Å²) in [6.07, 6.45) is 20.1. The van der Waals surface area contributed by atoms with Gasteiger partial charge < -0.3 is 9.80 Å². The average Bonchev–Trinajstić information content (AvgIpc) is 3.17. The van der Waals surface area contributed by atoms with Crippen molar-refractivity contribution < 1.29 is 0 Å². The van der Waals surface area contributed by atoms with Gasteiger partial charge in [-0.25, -0.2) is 0 Å². The molecule has 2 heterocycles. The van der Waals surface area contributed by atoms with Crippen LogP contribution in [0.15, 0.2) is 150 Å². The first kappa shape index (κ1) is 34.0. The van der Waals surface area contributed by atoms with Gasteiger partial charge in [-0.15, -0.1) is 0 Å². The maximum absolute atomic E-state index is 2.78. The molecule has 0 spiro atoms. The number of nitrogens with zero attached hydrogens (tertiary/aromatic N) is 2. The number of para-hydroxylation sites is 1. The molecule has 3 heteroatoms. The lowest BCUT2D eigenvalue weighted by Gasteiger charge is -2.51. The number of allylic oxidation sites excluding steroid dienone is 8. The van der Waals surface area contributed by atoms with E-state index in [0.717, 1.165) is 25.7 Å². The summed E-state index contributed by atoms with van der Waals surface area (Å²) in [6.45, 7) is 14.3. The van der Waals surface area contributed by atoms with E-state index in [0.29, 0.717) is 12.0 Å². The number of hydrogen-bond acceptors (Lipinski definition) is 2. The fourth-order valence-corrected chi connectivity index (χ4v) is 9.70. The van der Waals surface area contributed by atoms with Crippen molar-refractivity contribution in [3.63, 3.8) is 0 Å². The van der Waals surface area contributed by atoms with Crippen LogP contribution in [-0.2, 0) is 5.41 Å². The van der Waals surface area contributed by atoms with Crippen LogP contribution >= 0.6 is 0 Å². The van der Waals surface area contributed by atoms with Crippen LogP contribution in [-0.4, -0.2) is 12.8 Å². The van der Waals surface area contributed by atoms with Gasteiger partial charge in [0.2, 0.25) is 0 Å². The summed E-state index contributed by atoms with van der Waals surface area (Å²) < 4.78 is 0. The van der Waals surface area contributed by atoms with Gasteiger partial charge in [-0.3, -0.25) is 0 Å². The Kier molecular flexibility index (Phi) is 8.33. The molecule has 4 aromatic rings. The van der Waals surface area contributed by atoms with Crippen molar-refractivity contribution in [2.45, 2.75) is 91.0 Å². The fourth-order valence-electron chi connectivity index (χ4n) is 9.70. The van der Waals surface area contributed by atoms with Crippen molar-refractivity contribution in [2.75, 3.05) is 9.80 Å². The molecule has 0 saturated carbocycles. The van der Waals surface area contributed by atoms with E-state index < -0.39 is 0 Å². The lowest BCUT2D eigenvalue weighted by molar-refractivity contribution is 0.262. The van der Waals surface area contributed by atoms with Gasteiger partial charge in [0, 0.05) is 34.4 Å². The van der Waals surface area contributed by atoms with E-state index in [2.05, 4.69) is 185 Å². The minimum Gasteiger partial charge on any atom is -0.339 e. The van der Waals surface area contributed by atoms with E-state index in [9.17, 15) is 0 Å². The van der Waals surface area contributed by atoms with Crippen LogP contribution < -0.4 is 20.7 Å². The van der Waals surface area contributed by atoms with Crippen LogP contribution in [0.5, 0.6) is 0 Å². The normalized spacial score (nSPS) is 22.2. The highest BCUT2D eigenvalue weighted by Crippen LogP contribution is 2.50. The molecule has 4 aromatic carbocycles. The summed E-state index contributed by atoms with van der Waals surface area (Å²) in [5.41, 5.74) is 17.0. The van der Waals surface area contributed by atoms with Gasteiger partial charge >= 0.3 is 0 Å². The van der Waals surface area contributed by atoms with Crippen molar-refractivity contribution in [3.8, 4) is 0 Å². The molecule has 0 N–H and O–H groups in total. The maximum atomic E-state index is 2.78. The number of fused-ring (bicyclic) bond motifs is 4. The van der Waals surface area contributed by atoms with E-state index in [1.54, 1.807) is 0 Å².